The van der Waals surface area contributed by atoms with Gasteiger partial charge in [-0.3, -0.25) is 0 Å². The first-order chi connectivity index (χ1) is 38.2. The van der Waals surface area contributed by atoms with Crippen LogP contribution < -0.4 is 37.9 Å². The maximum absolute atomic E-state index is 7.78. The first kappa shape index (κ1) is 54.1. The third-order valence-corrected chi connectivity index (χ3v) is 18.9. The zero-order chi connectivity index (χ0) is 52.0. The Kier molecular flexibility index (Phi) is 18.9. The topological polar surface area (TPSA) is 111 Å². The van der Waals surface area contributed by atoms with Crippen LogP contribution in [0.15, 0.2) is 97.1 Å². The second-order valence-corrected chi connectivity index (χ2v) is 22.9. The normalized spacial score (nSPS) is 32.3. The molecule has 0 N–H and O–H groups in total. The summed E-state index contributed by atoms with van der Waals surface area (Å²) >= 11 is 0. The monoisotopic (exact) mass is 1060 g/mol. The van der Waals surface area contributed by atoms with Crippen LogP contribution in [-0.4, -0.2) is 104 Å². The highest BCUT2D eigenvalue weighted by atomic mass is 16.6. The van der Waals surface area contributed by atoms with Crippen LogP contribution in [0.4, 0.5) is 0 Å². The zero-order valence-electron chi connectivity index (χ0n) is 45.7. The van der Waals surface area contributed by atoms with E-state index in [1.54, 1.807) is 0 Å². The summed E-state index contributed by atoms with van der Waals surface area (Å²) in [5.41, 5.74) is -0.819. The van der Waals surface area contributed by atoms with E-state index in [9.17, 15) is 0 Å². The van der Waals surface area contributed by atoms with E-state index in [0.717, 1.165) is 71.7 Å². The molecule has 5 saturated carbocycles. The lowest BCUT2D eigenvalue weighted by Gasteiger charge is -2.60. The fourth-order valence-corrected chi connectivity index (χ4v) is 15.7. The number of hydrogen-bond acceptors (Lipinski definition) is 12. The lowest BCUT2D eigenvalue weighted by Crippen LogP contribution is -2.60. The summed E-state index contributed by atoms with van der Waals surface area (Å²) in [6, 6.07) is 32.1. The van der Waals surface area contributed by atoms with Crippen molar-refractivity contribution in [2.75, 3.05) is 92.5 Å². The summed E-state index contributed by atoms with van der Waals surface area (Å²) in [6.07, 6.45) is 20.0. The standard InChI is InChI=1S/C65H86O12/c1-2-14-48-46-50(16-3-1)64(30-32-68-56-18-6-8-20-58(56)70-38-34-66-36-40-72-60-22-10-12-24-62(60)74-42-44-76-64)54-28-29-55-53(27-26-52(48)54)49-15-4-5-17-51(47-49)65(55)31-33-69-57-19-7-9-21-59(57)71-39-35-67-37-41-73-61-23-11-13-25-63(61)75-43-45-77-65/h6-13,18-25,48-55H,1-5,14-17,26-47H2/t48-,49?,50+,51?,52?,53+,54-,55+,64?,65+/m0/s1. The summed E-state index contributed by atoms with van der Waals surface area (Å²) in [5, 5.41) is 0. The van der Waals surface area contributed by atoms with Crippen molar-refractivity contribution in [3.05, 3.63) is 97.1 Å². The molecule has 4 aromatic carbocycles. The zero-order valence-corrected chi connectivity index (χ0v) is 45.7. The highest BCUT2D eigenvalue weighted by Crippen LogP contribution is 2.62. The van der Waals surface area contributed by atoms with E-state index < -0.39 is 11.2 Å². The van der Waals surface area contributed by atoms with Gasteiger partial charge in [-0.05, 0) is 147 Å². The smallest absolute Gasteiger partial charge is 0.161 e. The highest BCUT2D eigenvalue weighted by Gasteiger charge is 2.60. The average Bonchev–Trinajstić information content (AvgIpc) is 3.71. The van der Waals surface area contributed by atoms with Crippen LogP contribution in [-0.2, 0) is 18.9 Å². The van der Waals surface area contributed by atoms with Crippen molar-refractivity contribution in [2.24, 2.45) is 47.3 Å². The molecule has 5 aliphatic carbocycles. The Bertz CT molecular complexity index is 2430. The number of hydrogen-bond donors (Lipinski definition) is 0. The van der Waals surface area contributed by atoms with E-state index in [4.69, 9.17) is 56.8 Å². The predicted octanol–water partition coefficient (Wildman–Crippen LogP) is 13.0. The fourth-order valence-electron chi connectivity index (χ4n) is 15.7. The van der Waals surface area contributed by atoms with Gasteiger partial charge >= 0.3 is 0 Å². The van der Waals surface area contributed by atoms with Gasteiger partial charge in [0.15, 0.2) is 46.0 Å². The fraction of sp³-hybridized carbons (Fsp3) is 0.631. The Hall–Kier alpha value is -4.88. The molecule has 4 bridgehead atoms. The van der Waals surface area contributed by atoms with E-state index in [2.05, 4.69) is 0 Å². The Labute approximate surface area is 458 Å². The van der Waals surface area contributed by atoms with E-state index in [0.29, 0.717) is 140 Å². The third-order valence-electron chi connectivity index (χ3n) is 18.9. The summed E-state index contributed by atoms with van der Waals surface area (Å²) in [5.74, 6) is 9.92. The van der Waals surface area contributed by atoms with Gasteiger partial charge in [-0.1, -0.05) is 93.5 Å². The van der Waals surface area contributed by atoms with Gasteiger partial charge in [0, 0.05) is 12.8 Å². The minimum absolute atomic E-state index is 0.343. The van der Waals surface area contributed by atoms with Crippen molar-refractivity contribution < 1.29 is 56.8 Å². The molecule has 0 amide bonds. The molecule has 0 aromatic heterocycles. The predicted molar refractivity (Wildman–Crippen MR) is 295 cm³/mol. The van der Waals surface area contributed by atoms with Crippen LogP contribution in [0.5, 0.6) is 46.0 Å². The molecular weight excluding hydrogens is 973 g/mol. The van der Waals surface area contributed by atoms with Gasteiger partial charge in [0.1, 0.15) is 39.6 Å². The minimum Gasteiger partial charge on any atom is -0.490 e. The lowest BCUT2D eigenvalue weighted by molar-refractivity contribution is -0.216. The van der Waals surface area contributed by atoms with Gasteiger partial charge < -0.3 is 56.8 Å². The van der Waals surface area contributed by atoms with Crippen LogP contribution >= 0.6 is 0 Å². The SMILES string of the molecule is c1ccc2c(c1)OCCOCCOc1ccccc1OCCC1(OCCO2)[C@@H]2CCCCC[C@@H](C2)C2CC[C@@H]3C4CCCCC(C4)[C@]4(CCOc5ccccc5OCCOCCOc5ccccc5OCCO4)[C@@H]3CC[C@@H]21. The molecule has 11 rings (SSSR count). The van der Waals surface area contributed by atoms with E-state index in [1.807, 2.05) is 97.1 Å². The van der Waals surface area contributed by atoms with Crippen molar-refractivity contribution in [1.29, 1.82) is 0 Å². The highest BCUT2D eigenvalue weighted by molar-refractivity contribution is 5.42. The Morgan fingerprint density at radius 3 is 0.948 bits per heavy atom. The molecule has 12 heteroatoms. The van der Waals surface area contributed by atoms with Gasteiger partial charge in [-0.15, -0.1) is 0 Å². The number of fused-ring (bicyclic) bond motifs is 16. The van der Waals surface area contributed by atoms with Gasteiger partial charge in [-0.2, -0.15) is 0 Å². The Morgan fingerprint density at radius 1 is 0.286 bits per heavy atom. The number of rotatable bonds is 0. The minimum atomic E-state index is -0.412. The summed E-state index contributed by atoms with van der Waals surface area (Å²) in [6.45, 7) is 6.29. The molecule has 10 atom stereocenters. The van der Waals surface area contributed by atoms with Gasteiger partial charge in [0.05, 0.1) is 64.1 Å². The molecular formula is C65H86O12. The van der Waals surface area contributed by atoms with Crippen molar-refractivity contribution in [3.63, 3.8) is 0 Å². The largest absolute Gasteiger partial charge is 0.490 e. The first-order valence-corrected chi connectivity index (χ1v) is 30.0. The van der Waals surface area contributed by atoms with E-state index >= 15 is 0 Å². The average molecular weight is 1060 g/mol. The molecule has 2 heterocycles. The van der Waals surface area contributed by atoms with Crippen molar-refractivity contribution in [1.82, 2.24) is 0 Å². The Balaban J connectivity index is 0.937. The number of para-hydroxylation sites is 8. The quantitative estimate of drug-likeness (QED) is 0.167. The molecule has 77 heavy (non-hydrogen) atoms. The van der Waals surface area contributed by atoms with Crippen LogP contribution in [0, 0.1) is 47.3 Å². The van der Waals surface area contributed by atoms with Crippen LogP contribution in [0.2, 0.25) is 0 Å². The van der Waals surface area contributed by atoms with Crippen LogP contribution in [0.25, 0.3) is 0 Å². The summed E-state index contributed by atoms with van der Waals surface area (Å²) in [4.78, 5) is 0. The maximum atomic E-state index is 7.78. The van der Waals surface area contributed by atoms with E-state index in [1.165, 1.54) is 83.5 Å². The first-order valence-electron chi connectivity index (χ1n) is 30.0. The lowest BCUT2D eigenvalue weighted by atomic mass is 9.49. The molecule has 0 saturated heterocycles. The molecule has 12 nitrogen and oxygen atoms in total. The number of benzene rings is 4. The molecule has 4 unspecified atom stereocenters. The maximum Gasteiger partial charge on any atom is 0.161 e. The molecule has 0 radical (unpaired) electrons. The van der Waals surface area contributed by atoms with Crippen molar-refractivity contribution >= 4 is 0 Å². The second kappa shape index (κ2) is 26.9. The Morgan fingerprint density at radius 2 is 0.584 bits per heavy atom. The third kappa shape index (κ3) is 12.9. The number of ether oxygens (including phenoxy) is 12. The summed E-state index contributed by atoms with van der Waals surface area (Å²) in [7, 11) is 0. The second-order valence-electron chi connectivity index (χ2n) is 22.9. The van der Waals surface area contributed by atoms with Crippen molar-refractivity contribution in [3.8, 4) is 46.0 Å². The molecule has 4 aromatic rings. The van der Waals surface area contributed by atoms with Gasteiger partial charge in [0.2, 0.25) is 0 Å². The van der Waals surface area contributed by atoms with Crippen molar-refractivity contribution in [2.45, 2.75) is 120 Å². The van der Waals surface area contributed by atoms with Crippen LogP contribution in [0.3, 0.4) is 0 Å². The molecule has 2 aliphatic heterocycles. The van der Waals surface area contributed by atoms with Gasteiger partial charge in [-0.25, -0.2) is 0 Å². The molecule has 2 spiro atoms. The van der Waals surface area contributed by atoms with E-state index in [-0.39, 0.29) is 0 Å². The van der Waals surface area contributed by atoms with Crippen LogP contribution in [0.1, 0.15) is 109 Å². The molecule has 7 aliphatic rings. The summed E-state index contributed by atoms with van der Waals surface area (Å²) < 4.78 is 79.5. The molecule has 5 fully saturated rings. The van der Waals surface area contributed by atoms with Gasteiger partial charge in [0.25, 0.3) is 0 Å². The molecule has 418 valence electrons.